The van der Waals surface area contributed by atoms with E-state index in [0.29, 0.717) is 19.0 Å². The van der Waals surface area contributed by atoms with Gasteiger partial charge in [0, 0.05) is 24.5 Å². The van der Waals surface area contributed by atoms with E-state index in [1.54, 1.807) is 11.3 Å². The molecule has 0 spiro atoms. The lowest BCUT2D eigenvalue weighted by Gasteiger charge is -2.33. The molecule has 22 heavy (non-hydrogen) atoms. The van der Waals surface area contributed by atoms with Crippen molar-refractivity contribution in [2.24, 2.45) is 10.7 Å². The molecule has 2 heterocycles. The highest BCUT2D eigenvalue weighted by atomic mass is 127. The first-order valence-electron chi connectivity index (χ1n) is 7.20. The fraction of sp³-hybridized carbons (Fsp3) is 0.533. The molecule has 3 N–H and O–H groups in total. The van der Waals surface area contributed by atoms with Crippen molar-refractivity contribution in [1.82, 2.24) is 10.2 Å². The van der Waals surface area contributed by atoms with Crippen molar-refractivity contribution in [2.75, 3.05) is 39.4 Å². The van der Waals surface area contributed by atoms with Crippen LogP contribution >= 0.6 is 35.3 Å². The summed E-state index contributed by atoms with van der Waals surface area (Å²) in [5, 5.41) is 5.18. The Balaban J connectivity index is 0.00000242. The highest BCUT2D eigenvalue weighted by Crippen LogP contribution is 2.26. The van der Waals surface area contributed by atoms with Crippen LogP contribution in [0.25, 0.3) is 0 Å². The van der Waals surface area contributed by atoms with E-state index < -0.39 is 0 Å². The molecule has 1 unspecified atom stereocenters. The first kappa shape index (κ1) is 19.4. The maximum absolute atomic E-state index is 5.91. The van der Waals surface area contributed by atoms with E-state index in [1.165, 1.54) is 4.88 Å². The molecule has 1 aromatic heterocycles. The Kier molecular flexibility index (Phi) is 8.99. The highest BCUT2D eigenvalue weighted by Gasteiger charge is 2.23. The molecule has 5 nitrogen and oxygen atoms in total. The van der Waals surface area contributed by atoms with Gasteiger partial charge in [-0.2, -0.15) is 0 Å². The maximum atomic E-state index is 5.91. The Morgan fingerprint density at radius 3 is 2.86 bits per heavy atom. The van der Waals surface area contributed by atoms with Gasteiger partial charge in [-0.3, -0.25) is 9.89 Å². The Bertz CT molecular complexity index is 472. The molecule has 1 fully saturated rings. The third-order valence-corrected chi connectivity index (χ3v) is 4.34. The zero-order valence-electron chi connectivity index (χ0n) is 13.0. The van der Waals surface area contributed by atoms with Crippen molar-refractivity contribution in [2.45, 2.75) is 13.0 Å². The minimum Gasteiger partial charge on any atom is -0.379 e. The van der Waals surface area contributed by atoms with E-state index >= 15 is 0 Å². The fourth-order valence-corrected chi connectivity index (χ4v) is 3.09. The second-order valence-electron chi connectivity index (χ2n) is 5.22. The van der Waals surface area contributed by atoms with Gasteiger partial charge in [0.1, 0.15) is 0 Å². The predicted molar refractivity (Wildman–Crippen MR) is 104 cm³/mol. The Hall–Kier alpha value is -0.640. The SMILES string of the molecule is C=C(C)CNC(N)=NCC(c1cccs1)N1CCOCC1.I. The molecule has 1 aliphatic rings. The van der Waals surface area contributed by atoms with Crippen molar-refractivity contribution in [3.05, 3.63) is 34.5 Å². The Morgan fingerprint density at radius 1 is 1.55 bits per heavy atom. The van der Waals surface area contributed by atoms with Gasteiger partial charge in [0.05, 0.1) is 25.8 Å². The van der Waals surface area contributed by atoms with Crippen LogP contribution in [0.3, 0.4) is 0 Å². The third kappa shape index (κ3) is 6.23. The van der Waals surface area contributed by atoms with Gasteiger partial charge in [-0.15, -0.1) is 35.3 Å². The number of hydrogen-bond acceptors (Lipinski definition) is 4. The number of nitrogens with one attached hydrogen (secondary N) is 1. The molecule has 0 aromatic carbocycles. The zero-order valence-corrected chi connectivity index (χ0v) is 16.1. The minimum absolute atomic E-state index is 0. The van der Waals surface area contributed by atoms with E-state index in [1.807, 2.05) is 6.92 Å². The number of aliphatic imine (C=N–C) groups is 1. The molecule has 1 atom stereocenters. The zero-order chi connectivity index (χ0) is 15.1. The van der Waals surface area contributed by atoms with Crippen molar-refractivity contribution < 1.29 is 4.74 Å². The normalized spacial score (nSPS) is 17.6. The van der Waals surface area contributed by atoms with Crippen LogP contribution < -0.4 is 11.1 Å². The minimum atomic E-state index is 0. The van der Waals surface area contributed by atoms with Gasteiger partial charge in [-0.05, 0) is 18.4 Å². The number of hydrogen-bond donors (Lipinski definition) is 2. The first-order chi connectivity index (χ1) is 10.2. The summed E-state index contributed by atoms with van der Waals surface area (Å²) in [5.74, 6) is 0.479. The van der Waals surface area contributed by atoms with Crippen LogP contribution in [0.5, 0.6) is 0 Å². The summed E-state index contributed by atoms with van der Waals surface area (Å²) in [7, 11) is 0. The summed E-state index contributed by atoms with van der Waals surface area (Å²) in [6.07, 6.45) is 0. The summed E-state index contributed by atoms with van der Waals surface area (Å²) in [5.41, 5.74) is 6.95. The Morgan fingerprint density at radius 2 is 2.27 bits per heavy atom. The molecular formula is C15H25IN4OS. The summed E-state index contributed by atoms with van der Waals surface area (Å²) in [6, 6.07) is 4.52. The molecule has 2 rings (SSSR count). The first-order valence-corrected chi connectivity index (χ1v) is 8.08. The molecule has 1 aliphatic heterocycles. The quantitative estimate of drug-likeness (QED) is 0.311. The van der Waals surface area contributed by atoms with Crippen LogP contribution in [0.2, 0.25) is 0 Å². The number of morpholine rings is 1. The lowest BCUT2D eigenvalue weighted by Crippen LogP contribution is -2.40. The molecule has 0 radical (unpaired) electrons. The number of halogens is 1. The molecule has 0 amide bonds. The molecular weight excluding hydrogens is 411 g/mol. The van der Waals surface area contributed by atoms with Gasteiger partial charge < -0.3 is 15.8 Å². The van der Waals surface area contributed by atoms with Crippen LogP contribution in [0.15, 0.2) is 34.7 Å². The average Bonchev–Trinajstić information content (AvgIpc) is 3.00. The van der Waals surface area contributed by atoms with Crippen molar-refractivity contribution >= 4 is 41.3 Å². The summed E-state index contributed by atoms with van der Waals surface area (Å²) in [4.78, 5) is 8.24. The van der Waals surface area contributed by atoms with E-state index in [2.05, 4.69) is 39.3 Å². The van der Waals surface area contributed by atoms with Gasteiger partial charge >= 0.3 is 0 Å². The highest BCUT2D eigenvalue weighted by molar-refractivity contribution is 14.0. The Labute approximate surface area is 153 Å². The standard InChI is InChI=1S/C15H24N4OS.HI/c1-12(2)10-17-15(16)18-11-13(14-4-3-9-21-14)19-5-7-20-8-6-19;/h3-4,9,13H,1,5-8,10-11H2,2H3,(H3,16,17,18);1H. The van der Waals surface area contributed by atoms with Crippen LogP contribution in [0, 0.1) is 0 Å². The number of ether oxygens (including phenoxy) is 1. The number of guanidine groups is 1. The largest absolute Gasteiger partial charge is 0.379 e. The molecule has 7 heteroatoms. The topological polar surface area (TPSA) is 62.9 Å². The van der Waals surface area contributed by atoms with E-state index in [0.717, 1.165) is 31.9 Å². The fourth-order valence-electron chi connectivity index (χ4n) is 2.24. The molecule has 1 aromatic rings. The second kappa shape index (κ2) is 10.2. The van der Waals surface area contributed by atoms with Gasteiger partial charge in [0.15, 0.2) is 5.96 Å². The molecule has 0 aliphatic carbocycles. The average molecular weight is 436 g/mol. The second-order valence-corrected chi connectivity index (χ2v) is 6.20. The lowest BCUT2D eigenvalue weighted by atomic mass is 10.2. The van der Waals surface area contributed by atoms with Gasteiger partial charge in [0.2, 0.25) is 0 Å². The summed E-state index contributed by atoms with van der Waals surface area (Å²) in [6.45, 7) is 10.6. The van der Waals surface area contributed by atoms with Gasteiger partial charge in [-0.1, -0.05) is 18.2 Å². The molecule has 0 saturated carbocycles. The van der Waals surface area contributed by atoms with E-state index in [4.69, 9.17) is 10.5 Å². The summed E-state index contributed by atoms with van der Waals surface area (Å²) < 4.78 is 5.44. The molecule has 124 valence electrons. The maximum Gasteiger partial charge on any atom is 0.188 e. The van der Waals surface area contributed by atoms with Gasteiger partial charge in [-0.25, -0.2) is 0 Å². The van der Waals surface area contributed by atoms with Crippen molar-refractivity contribution in [3.63, 3.8) is 0 Å². The van der Waals surface area contributed by atoms with Crippen LogP contribution in [-0.2, 0) is 4.74 Å². The van der Waals surface area contributed by atoms with Crippen molar-refractivity contribution in [3.8, 4) is 0 Å². The van der Waals surface area contributed by atoms with Crippen LogP contribution in [-0.4, -0.2) is 50.3 Å². The summed E-state index contributed by atoms with van der Waals surface area (Å²) >= 11 is 1.77. The smallest absolute Gasteiger partial charge is 0.188 e. The number of nitrogens with zero attached hydrogens (tertiary/aromatic N) is 2. The number of thiophene rings is 1. The van der Waals surface area contributed by atoms with E-state index in [-0.39, 0.29) is 30.0 Å². The number of nitrogens with two attached hydrogens (primary N) is 1. The van der Waals surface area contributed by atoms with Crippen LogP contribution in [0.1, 0.15) is 17.8 Å². The van der Waals surface area contributed by atoms with Gasteiger partial charge in [0.25, 0.3) is 0 Å². The molecule has 1 saturated heterocycles. The lowest BCUT2D eigenvalue weighted by molar-refractivity contribution is 0.0187. The van der Waals surface area contributed by atoms with Crippen molar-refractivity contribution in [1.29, 1.82) is 0 Å². The monoisotopic (exact) mass is 436 g/mol. The third-order valence-electron chi connectivity index (χ3n) is 3.36. The van der Waals surface area contributed by atoms with E-state index in [9.17, 15) is 0 Å². The molecule has 0 bridgehead atoms. The number of rotatable bonds is 6. The van der Waals surface area contributed by atoms with Crippen LogP contribution in [0.4, 0.5) is 0 Å². The predicted octanol–water partition coefficient (Wildman–Crippen LogP) is 2.22.